The second-order valence-electron chi connectivity index (χ2n) is 3.91. The van der Waals surface area contributed by atoms with E-state index in [1.807, 2.05) is 6.07 Å². The highest BCUT2D eigenvalue weighted by atomic mass is 32.2. The van der Waals surface area contributed by atoms with E-state index >= 15 is 0 Å². The van der Waals surface area contributed by atoms with Gasteiger partial charge in [0.2, 0.25) is 0 Å². The summed E-state index contributed by atoms with van der Waals surface area (Å²) in [6.07, 6.45) is 0. The summed E-state index contributed by atoms with van der Waals surface area (Å²) in [5.74, 6) is 0.807. The van der Waals surface area contributed by atoms with Gasteiger partial charge in [0, 0.05) is 30.6 Å². The number of methoxy groups -OCH3 is 1. The molecule has 7 heteroatoms. The second-order valence-corrected chi connectivity index (χ2v) is 5.02. The Kier molecular flexibility index (Phi) is 5.03. The number of nitro groups is 1. The minimum absolute atomic E-state index is 0.0443. The van der Waals surface area contributed by atoms with Crippen molar-refractivity contribution in [2.75, 3.05) is 19.5 Å². The molecule has 2 aromatic rings. The lowest BCUT2D eigenvalue weighted by Gasteiger charge is -2.02. The molecule has 0 bridgehead atoms. The van der Waals surface area contributed by atoms with Gasteiger partial charge in [-0.15, -0.1) is 22.0 Å². The van der Waals surface area contributed by atoms with Gasteiger partial charge in [0.25, 0.3) is 5.69 Å². The van der Waals surface area contributed by atoms with Crippen molar-refractivity contribution in [3.05, 3.63) is 46.5 Å². The topological polar surface area (TPSA) is 78.2 Å². The van der Waals surface area contributed by atoms with Gasteiger partial charge in [-0.05, 0) is 12.1 Å². The Bertz CT molecular complexity index is 590. The lowest BCUT2D eigenvalue weighted by atomic mass is 10.1. The summed E-state index contributed by atoms with van der Waals surface area (Å²) in [6, 6.07) is 10.0. The van der Waals surface area contributed by atoms with E-state index in [1.165, 1.54) is 12.1 Å². The van der Waals surface area contributed by atoms with E-state index in [0.29, 0.717) is 17.9 Å². The predicted molar refractivity (Wildman–Crippen MR) is 76.7 cm³/mol. The van der Waals surface area contributed by atoms with Gasteiger partial charge in [0.15, 0.2) is 0 Å². The lowest BCUT2D eigenvalue weighted by molar-refractivity contribution is -0.384. The summed E-state index contributed by atoms with van der Waals surface area (Å²) in [5, 5.41) is 19.7. The largest absolute Gasteiger partial charge is 0.384 e. The fourth-order valence-corrected chi connectivity index (χ4v) is 2.28. The third kappa shape index (κ3) is 3.75. The first-order valence-corrected chi connectivity index (χ1v) is 6.89. The number of hydrogen-bond donors (Lipinski definition) is 0. The van der Waals surface area contributed by atoms with E-state index in [1.54, 1.807) is 37.1 Å². The average molecular weight is 291 g/mol. The molecule has 0 radical (unpaired) electrons. The summed E-state index contributed by atoms with van der Waals surface area (Å²) in [6.45, 7) is 0.652. The van der Waals surface area contributed by atoms with Crippen LogP contribution in [0.2, 0.25) is 0 Å². The van der Waals surface area contributed by atoms with Crippen LogP contribution in [-0.4, -0.2) is 34.6 Å². The van der Waals surface area contributed by atoms with Crippen molar-refractivity contribution in [1.82, 2.24) is 10.2 Å². The van der Waals surface area contributed by atoms with Crippen LogP contribution in [0.4, 0.5) is 5.69 Å². The molecule has 0 fully saturated rings. The Hall–Kier alpha value is -1.99. The van der Waals surface area contributed by atoms with E-state index in [0.717, 1.165) is 10.8 Å². The van der Waals surface area contributed by atoms with E-state index < -0.39 is 4.92 Å². The van der Waals surface area contributed by atoms with Gasteiger partial charge in [-0.1, -0.05) is 12.1 Å². The molecule has 0 spiro atoms. The molecule has 104 valence electrons. The zero-order valence-corrected chi connectivity index (χ0v) is 11.7. The molecular weight excluding hydrogens is 278 g/mol. The van der Waals surface area contributed by atoms with E-state index in [9.17, 15) is 10.1 Å². The van der Waals surface area contributed by atoms with Crippen LogP contribution in [-0.2, 0) is 4.74 Å². The molecule has 0 saturated carbocycles. The number of nitrogens with zero attached hydrogens (tertiary/aromatic N) is 3. The van der Waals surface area contributed by atoms with E-state index in [2.05, 4.69) is 10.2 Å². The van der Waals surface area contributed by atoms with Crippen LogP contribution in [0, 0.1) is 10.1 Å². The van der Waals surface area contributed by atoms with Crippen LogP contribution in [0.1, 0.15) is 0 Å². The number of rotatable bonds is 6. The number of benzene rings is 1. The van der Waals surface area contributed by atoms with Gasteiger partial charge in [0.05, 0.1) is 17.2 Å². The first-order chi connectivity index (χ1) is 9.70. The molecule has 1 aromatic carbocycles. The summed E-state index contributed by atoms with van der Waals surface area (Å²) in [7, 11) is 1.65. The maximum Gasteiger partial charge on any atom is 0.270 e. The first kappa shape index (κ1) is 14.4. The zero-order chi connectivity index (χ0) is 14.4. The minimum Gasteiger partial charge on any atom is -0.384 e. The standard InChI is InChI=1S/C13H13N3O3S/c1-19-7-8-20-13-6-5-12(14-15-13)10-3-2-4-11(9-10)16(17)18/h2-6,9H,7-8H2,1H3. The van der Waals surface area contributed by atoms with Gasteiger partial charge < -0.3 is 4.74 Å². The predicted octanol–water partition coefficient (Wildman–Crippen LogP) is 2.79. The van der Waals surface area contributed by atoms with E-state index in [-0.39, 0.29) is 5.69 Å². The highest BCUT2D eigenvalue weighted by Crippen LogP contribution is 2.23. The lowest BCUT2D eigenvalue weighted by Crippen LogP contribution is -1.94. The van der Waals surface area contributed by atoms with Gasteiger partial charge in [0.1, 0.15) is 5.03 Å². The quantitative estimate of drug-likeness (QED) is 0.352. The van der Waals surface area contributed by atoms with Gasteiger partial charge >= 0.3 is 0 Å². The fraction of sp³-hybridized carbons (Fsp3) is 0.231. The molecule has 0 atom stereocenters. The Labute approximate surface area is 120 Å². The number of nitro benzene ring substituents is 1. The Morgan fingerprint density at radius 1 is 1.30 bits per heavy atom. The molecule has 0 aliphatic rings. The fourth-order valence-electron chi connectivity index (χ4n) is 1.56. The van der Waals surface area contributed by atoms with Gasteiger partial charge in [-0.2, -0.15) is 0 Å². The van der Waals surface area contributed by atoms with Crippen molar-refractivity contribution in [3.8, 4) is 11.3 Å². The van der Waals surface area contributed by atoms with Gasteiger partial charge in [-0.25, -0.2) is 0 Å². The van der Waals surface area contributed by atoms with Crippen molar-refractivity contribution in [3.63, 3.8) is 0 Å². The molecule has 2 rings (SSSR count). The highest BCUT2D eigenvalue weighted by Gasteiger charge is 2.08. The molecule has 1 heterocycles. The molecule has 0 saturated heterocycles. The molecule has 0 unspecified atom stereocenters. The first-order valence-electron chi connectivity index (χ1n) is 5.91. The second kappa shape index (κ2) is 6.97. The van der Waals surface area contributed by atoms with Crippen molar-refractivity contribution in [1.29, 1.82) is 0 Å². The number of ether oxygens (including phenoxy) is 1. The van der Waals surface area contributed by atoms with Crippen LogP contribution in [0.5, 0.6) is 0 Å². The molecule has 20 heavy (non-hydrogen) atoms. The maximum atomic E-state index is 10.7. The average Bonchev–Trinajstić information content (AvgIpc) is 2.48. The van der Waals surface area contributed by atoms with Crippen LogP contribution in [0.3, 0.4) is 0 Å². The van der Waals surface area contributed by atoms with Crippen LogP contribution in [0.25, 0.3) is 11.3 Å². The van der Waals surface area contributed by atoms with Crippen LogP contribution >= 0.6 is 11.8 Å². The van der Waals surface area contributed by atoms with E-state index in [4.69, 9.17) is 4.74 Å². The SMILES string of the molecule is COCCSc1ccc(-c2cccc([N+](=O)[O-])c2)nn1. The Morgan fingerprint density at radius 2 is 2.15 bits per heavy atom. The molecule has 0 amide bonds. The maximum absolute atomic E-state index is 10.7. The summed E-state index contributed by atoms with van der Waals surface area (Å²) in [5.41, 5.74) is 1.34. The molecule has 0 N–H and O–H groups in total. The van der Waals surface area contributed by atoms with Gasteiger partial charge in [-0.3, -0.25) is 10.1 Å². The monoisotopic (exact) mass is 291 g/mol. The van der Waals surface area contributed by atoms with Crippen molar-refractivity contribution in [2.45, 2.75) is 5.03 Å². The Morgan fingerprint density at radius 3 is 2.80 bits per heavy atom. The molecule has 0 aliphatic carbocycles. The molecule has 6 nitrogen and oxygen atoms in total. The summed E-state index contributed by atoms with van der Waals surface area (Å²) < 4.78 is 4.96. The highest BCUT2D eigenvalue weighted by molar-refractivity contribution is 7.99. The zero-order valence-electron chi connectivity index (χ0n) is 10.9. The normalized spacial score (nSPS) is 10.4. The third-order valence-electron chi connectivity index (χ3n) is 2.53. The molecule has 1 aromatic heterocycles. The summed E-state index contributed by atoms with van der Waals surface area (Å²) in [4.78, 5) is 10.3. The smallest absolute Gasteiger partial charge is 0.270 e. The van der Waals surface area contributed by atoms with Crippen LogP contribution in [0.15, 0.2) is 41.4 Å². The molecular formula is C13H13N3O3S. The number of thioether (sulfide) groups is 1. The Balaban J connectivity index is 2.13. The summed E-state index contributed by atoms with van der Waals surface area (Å²) >= 11 is 1.55. The molecule has 0 aliphatic heterocycles. The van der Waals surface area contributed by atoms with Crippen LogP contribution < -0.4 is 0 Å². The number of hydrogen-bond acceptors (Lipinski definition) is 6. The van der Waals surface area contributed by atoms with Crippen molar-refractivity contribution in [2.24, 2.45) is 0 Å². The number of non-ortho nitro benzene ring substituents is 1. The van der Waals surface area contributed by atoms with Crippen molar-refractivity contribution < 1.29 is 9.66 Å². The minimum atomic E-state index is -0.425. The van der Waals surface area contributed by atoms with Crippen molar-refractivity contribution >= 4 is 17.4 Å². The third-order valence-corrected chi connectivity index (χ3v) is 3.41. The number of aromatic nitrogens is 2.